The zero-order valence-electron chi connectivity index (χ0n) is 14.5. The molecule has 0 radical (unpaired) electrons. The third-order valence-corrected chi connectivity index (χ3v) is 5.26. The van der Waals surface area contributed by atoms with Crippen LogP contribution in [0.4, 0.5) is 0 Å². The summed E-state index contributed by atoms with van der Waals surface area (Å²) in [6.07, 6.45) is -4.98. The molecule has 1 fully saturated rings. The molecule has 1 saturated heterocycles. The Morgan fingerprint density at radius 3 is 2.52 bits per heavy atom. The largest absolute Gasteiger partial charge is 0.508 e. The maximum absolute atomic E-state index is 10.6. The molecule has 1 spiro atoms. The van der Waals surface area contributed by atoms with Crippen LogP contribution in [-0.4, -0.2) is 56.6 Å². The maximum Gasteiger partial charge on any atom is 0.225 e. The minimum atomic E-state index is -1.64. The highest BCUT2D eigenvalue weighted by Crippen LogP contribution is 2.46. The first-order valence-corrected chi connectivity index (χ1v) is 8.81. The monoisotopic (exact) mass is 374 g/mol. The maximum atomic E-state index is 10.6. The van der Waals surface area contributed by atoms with Crippen molar-refractivity contribution in [2.45, 2.75) is 43.2 Å². The van der Waals surface area contributed by atoms with Crippen molar-refractivity contribution in [2.24, 2.45) is 0 Å². The second-order valence-electron chi connectivity index (χ2n) is 7.06. The molecular formula is C20H22O7. The lowest BCUT2D eigenvalue weighted by atomic mass is 9.86. The Balaban J connectivity index is 1.70. The first kappa shape index (κ1) is 18.4. The molecule has 0 amide bonds. The SMILES string of the molecule is OC[C@H]1OC2(OCc3ccc(Cc4cccc(O)c4)cc32)[C@H](O)[C@@H](O)[C@@H]1O. The minimum absolute atomic E-state index is 0.180. The van der Waals surface area contributed by atoms with E-state index in [1.165, 1.54) is 0 Å². The molecule has 4 rings (SSSR count). The molecule has 5 atom stereocenters. The summed E-state index contributed by atoms with van der Waals surface area (Å²) in [6, 6.07) is 12.6. The molecule has 5 N–H and O–H groups in total. The average Bonchev–Trinajstić information content (AvgIpc) is 3.02. The zero-order chi connectivity index (χ0) is 19.2. The number of phenolic OH excluding ortho intramolecular Hbond substituents is 1. The lowest BCUT2D eigenvalue weighted by Crippen LogP contribution is -2.63. The molecule has 27 heavy (non-hydrogen) atoms. The van der Waals surface area contributed by atoms with Gasteiger partial charge in [0.2, 0.25) is 5.79 Å². The third-order valence-electron chi connectivity index (χ3n) is 5.26. The van der Waals surface area contributed by atoms with Gasteiger partial charge in [-0.3, -0.25) is 0 Å². The van der Waals surface area contributed by atoms with Crippen molar-refractivity contribution in [3.8, 4) is 5.75 Å². The van der Waals surface area contributed by atoms with Gasteiger partial charge in [0.05, 0.1) is 13.2 Å². The van der Waals surface area contributed by atoms with Crippen LogP contribution in [-0.2, 0) is 28.3 Å². The molecule has 2 aromatic carbocycles. The molecule has 0 aromatic heterocycles. The average molecular weight is 374 g/mol. The second kappa shape index (κ2) is 6.87. The summed E-state index contributed by atoms with van der Waals surface area (Å²) in [7, 11) is 0. The van der Waals surface area contributed by atoms with Crippen molar-refractivity contribution < 1.29 is 35.0 Å². The van der Waals surface area contributed by atoms with E-state index in [1.54, 1.807) is 18.2 Å². The van der Waals surface area contributed by atoms with Crippen LogP contribution in [0.1, 0.15) is 22.3 Å². The van der Waals surface area contributed by atoms with Crippen molar-refractivity contribution in [2.75, 3.05) is 6.61 Å². The smallest absolute Gasteiger partial charge is 0.225 e. The van der Waals surface area contributed by atoms with Crippen LogP contribution in [0.25, 0.3) is 0 Å². The second-order valence-corrected chi connectivity index (χ2v) is 7.06. The van der Waals surface area contributed by atoms with Gasteiger partial charge in [0.25, 0.3) is 0 Å². The number of rotatable bonds is 3. The van der Waals surface area contributed by atoms with Gasteiger partial charge in [0, 0.05) is 5.56 Å². The van der Waals surface area contributed by atoms with Crippen molar-refractivity contribution in [3.63, 3.8) is 0 Å². The fraction of sp³-hybridized carbons (Fsp3) is 0.400. The van der Waals surface area contributed by atoms with Crippen LogP contribution in [0.3, 0.4) is 0 Å². The van der Waals surface area contributed by atoms with Gasteiger partial charge in [-0.25, -0.2) is 0 Å². The molecule has 1 unspecified atom stereocenters. The molecule has 0 aliphatic carbocycles. The molecule has 144 valence electrons. The van der Waals surface area contributed by atoms with Gasteiger partial charge >= 0.3 is 0 Å². The van der Waals surface area contributed by atoms with Gasteiger partial charge in [-0.1, -0.05) is 24.3 Å². The van der Waals surface area contributed by atoms with Crippen molar-refractivity contribution in [1.29, 1.82) is 0 Å². The normalized spacial score (nSPS) is 32.6. The molecule has 7 heteroatoms. The molecule has 0 saturated carbocycles. The predicted octanol–water partition coefficient (Wildman–Crippen LogP) is 0.140. The van der Waals surface area contributed by atoms with E-state index in [2.05, 4.69) is 0 Å². The lowest BCUT2D eigenvalue weighted by Gasteiger charge is -2.46. The Bertz CT molecular complexity index is 837. The number of aromatic hydroxyl groups is 1. The van der Waals surface area contributed by atoms with Gasteiger partial charge in [0.1, 0.15) is 30.2 Å². The fourth-order valence-electron chi connectivity index (χ4n) is 3.83. The van der Waals surface area contributed by atoms with E-state index >= 15 is 0 Å². The molecular weight excluding hydrogens is 352 g/mol. The van der Waals surface area contributed by atoms with E-state index in [0.717, 1.165) is 16.7 Å². The molecule has 2 aromatic rings. The standard InChI is InChI=1S/C20H22O7/c21-9-16-17(23)18(24)19(25)20(27-16)15-8-12(4-5-13(15)10-26-20)6-11-2-1-3-14(22)7-11/h1-5,7-8,16-19,21-25H,6,9-10H2/t16-,17-,18+,19-,20?/m1/s1. The third kappa shape index (κ3) is 3.02. The number of hydrogen-bond donors (Lipinski definition) is 5. The number of aliphatic hydroxyl groups is 4. The van der Waals surface area contributed by atoms with Crippen LogP contribution < -0.4 is 0 Å². The Morgan fingerprint density at radius 1 is 1.00 bits per heavy atom. The molecule has 7 nitrogen and oxygen atoms in total. The number of hydrogen-bond acceptors (Lipinski definition) is 7. The van der Waals surface area contributed by atoms with Crippen LogP contribution in [0, 0.1) is 0 Å². The van der Waals surface area contributed by atoms with Gasteiger partial charge in [0.15, 0.2) is 0 Å². The quantitative estimate of drug-likeness (QED) is 0.518. The summed E-state index contributed by atoms with van der Waals surface area (Å²) in [5, 5.41) is 50.0. The molecule has 2 aliphatic heterocycles. The van der Waals surface area contributed by atoms with Crippen LogP contribution in [0.2, 0.25) is 0 Å². The summed E-state index contributed by atoms with van der Waals surface area (Å²) in [5.41, 5.74) is 3.18. The van der Waals surface area contributed by atoms with Crippen molar-refractivity contribution in [3.05, 3.63) is 64.7 Å². The number of aliphatic hydroxyl groups excluding tert-OH is 4. The van der Waals surface area contributed by atoms with Crippen LogP contribution in [0.15, 0.2) is 42.5 Å². The molecule has 2 aliphatic rings. The van der Waals surface area contributed by atoms with E-state index in [4.69, 9.17) is 9.47 Å². The minimum Gasteiger partial charge on any atom is -0.508 e. The van der Waals surface area contributed by atoms with Gasteiger partial charge in [-0.05, 0) is 41.3 Å². The topological polar surface area (TPSA) is 120 Å². The summed E-state index contributed by atoms with van der Waals surface area (Å²) in [6.45, 7) is -0.339. The predicted molar refractivity (Wildman–Crippen MR) is 93.8 cm³/mol. The van der Waals surface area contributed by atoms with E-state index in [0.29, 0.717) is 12.0 Å². The number of phenols is 1. The molecule has 2 heterocycles. The fourth-order valence-corrected chi connectivity index (χ4v) is 3.83. The highest BCUT2D eigenvalue weighted by molar-refractivity contribution is 5.41. The van der Waals surface area contributed by atoms with Gasteiger partial charge in [-0.15, -0.1) is 0 Å². The van der Waals surface area contributed by atoms with E-state index < -0.39 is 36.8 Å². The van der Waals surface area contributed by atoms with Crippen molar-refractivity contribution >= 4 is 0 Å². The van der Waals surface area contributed by atoms with Crippen molar-refractivity contribution in [1.82, 2.24) is 0 Å². The zero-order valence-corrected chi connectivity index (χ0v) is 14.5. The van der Waals surface area contributed by atoms with Crippen LogP contribution >= 0.6 is 0 Å². The first-order valence-electron chi connectivity index (χ1n) is 8.81. The number of benzene rings is 2. The lowest BCUT2D eigenvalue weighted by molar-refractivity contribution is -0.368. The highest BCUT2D eigenvalue weighted by atomic mass is 16.7. The molecule has 0 bridgehead atoms. The van der Waals surface area contributed by atoms with E-state index in [-0.39, 0.29) is 12.4 Å². The van der Waals surface area contributed by atoms with E-state index in [9.17, 15) is 25.5 Å². The summed E-state index contributed by atoms with van der Waals surface area (Å²) in [5.74, 6) is -1.46. The summed E-state index contributed by atoms with van der Waals surface area (Å²) in [4.78, 5) is 0. The summed E-state index contributed by atoms with van der Waals surface area (Å²) >= 11 is 0. The number of ether oxygens (including phenoxy) is 2. The Kier molecular flexibility index (Phi) is 4.67. The Hall–Kier alpha value is -2.00. The van der Waals surface area contributed by atoms with Crippen LogP contribution in [0.5, 0.6) is 5.75 Å². The number of fused-ring (bicyclic) bond motifs is 2. The highest BCUT2D eigenvalue weighted by Gasteiger charge is 2.58. The summed E-state index contributed by atoms with van der Waals surface area (Å²) < 4.78 is 11.5. The Morgan fingerprint density at radius 2 is 1.78 bits per heavy atom. The van der Waals surface area contributed by atoms with Gasteiger partial charge < -0.3 is 35.0 Å². The Labute approximate surface area is 156 Å². The first-order chi connectivity index (χ1) is 12.9. The van der Waals surface area contributed by atoms with E-state index in [1.807, 2.05) is 24.3 Å². The van der Waals surface area contributed by atoms with Gasteiger partial charge in [-0.2, -0.15) is 0 Å².